The van der Waals surface area contributed by atoms with Gasteiger partial charge < -0.3 is 20.2 Å². The van der Waals surface area contributed by atoms with Crippen LogP contribution in [-0.2, 0) is 4.79 Å². The number of hydrogen-bond donors (Lipinski definition) is 2. The maximum atomic E-state index is 12.0. The van der Waals surface area contributed by atoms with Crippen LogP contribution < -0.4 is 10.2 Å². The first-order valence-electron chi connectivity index (χ1n) is 9.18. The average molecular weight is 408 g/mol. The summed E-state index contributed by atoms with van der Waals surface area (Å²) in [6, 6.07) is 5.78. The lowest BCUT2D eigenvalue weighted by atomic mass is 10.1. The molecule has 1 aliphatic heterocycles. The van der Waals surface area contributed by atoms with Crippen LogP contribution in [0.3, 0.4) is 0 Å². The maximum Gasteiger partial charge on any atom is 0.239 e. The van der Waals surface area contributed by atoms with Crippen LogP contribution in [-0.4, -0.2) is 59.5 Å². The number of phenolic OH excluding ortho intramolecular Hbond substituents is 1. The van der Waals surface area contributed by atoms with Gasteiger partial charge in [0.1, 0.15) is 5.75 Å². The molecule has 0 saturated heterocycles. The Morgan fingerprint density at radius 1 is 1.41 bits per heavy atom. The van der Waals surface area contributed by atoms with Gasteiger partial charge in [-0.1, -0.05) is 12.2 Å². The van der Waals surface area contributed by atoms with Gasteiger partial charge in [-0.05, 0) is 37.6 Å². The Hall–Kier alpha value is -1.73. The van der Waals surface area contributed by atoms with Crippen LogP contribution in [0.1, 0.15) is 19.4 Å². The monoisotopic (exact) mass is 407 g/mol. The smallest absolute Gasteiger partial charge is 0.239 e. The van der Waals surface area contributed by atoms with Crippen molar-refractivity contribution in [3.05, 3.63) is 41.4 Å². The predicted molar refractivity (Wildman–Crippen MR) is 119 cm³/mol. The molecule has 0 radical (unpaired) electrons. The van der Waals surface area contributed by atoms with Crippen LogP contribution in [0, 0.1) is 0 Å². The molecule has 1 aromatic carbocycles. The summed E-state index contributed by atoms with van der Waals surface area (Å²) in [6.07, 6.45) is 7.91. The van der Waals surface area contributed by atoms with Crippen LogP contribution in [0.4, 0.5) is 5.69 Å². The molecule has 1 aliphatic rings. The van der Waals surface area contributed by atoms with Crippen LogP contribution in [0.25, 0.3) is 6.08 Å². The molecule has 1 amide bonds. The number of nitrogens with zero attached hydrogens (tertiary/aromatic N) is 2. The molecular formula is C20H29N3O2S2. The van der Waals surface area contributed by atoms with Gasteiger partial charge >= 0.3 is 0 Å². The van der Waals surface area contributed by atoms with E-state index in [1.54, 1.807) is 23.5 Å². The molecule has 1 atom stereocenters. The molecule has 0 bridgehead atoms. The van der Waals surface area contributed by atoms with Gasteiger partial charge in [0.25, 0.3) is 0 Å². The summed E-state index contributed by atoms with van der Waals surface area (Å²) in [4.78, 5) is 16.2. The number of carbonyl (C=O) groups is 1. The second kappa shape index (κ2) is 11.2. The number of nitrogens with one attached hydrogen (secondary N) is 1. The molecule has 1 heterocycles. The van der Waals surface area contributed by atoms with Crippen LogP contribution in [0.5, 0.6) is 5.75 Å². The number of anilines is 1. The zero-order chi connectivity index (χ0) is 19.6. The van der Waals surface area contributed by atoms with Gasteiger partial charge in [0.15, 0.2) is 0 Å². The van der Waals surface area contributed by atoms with Crippen molar-refractivity contribution in [2.24, 2.45) is 0 Å². The Balaban J connectivity index is 1.97. The van der Waals surface area contributed by atoms with E-state index in [1.807, 2.05) is 53.1 Å². The lowest BCUT2D eigenvalue weighted by Crippen LogP contribution is -2.37. The molecule has 148 valence electrons. The van der Waals surface area contributed by atoms with E-state index < -0.39 is 0 Å². The summed E-state index contributed by atoms with van der Waals surface area (Å²) in [5, 5.41) is 15.3. The first-order valence-corrected chi connectivity index (χ1v) is 11.5. The van der Waals surface area contributed by atoms with Gasteiger partial charge in [-0.15, -0.1) is 11.8 Å². The average Bonchev–Trinajstić information content (AvgIpc) is 3.09. The van der Waals surface area contributed by atoms with Crippen molar-refractivity contribution >= 4 is 41.2 Å². The van der Waals surface area contributed by atoms with E-state index in [4.69, 9.17) is 0 Å². The lowest BCUT2D eigenvalue weighted by molar-refractivity contribution is -0.121. The van der Waals surface area contributed by atoms with Crippen molar-refractivity contribution in [3.8, 4) is 5.75 Å². The normalized spacial score (nSPS) is 16.3. The van der Waals surface area contributed by atoms with E-state index in [-0.39, 0.29) is 17.0 Å². The zero-order valence-electron chi connectivity index (χ0n) is 16.2. The molecule has 0 spiro atoms. The number of amides is 1. The number of benzene rings is 1. The van der Waals surface area contributed by atoms with Crippen LogP contribution in [0.15, 0.2) is 35.9 Å². The highest BCUT2D eigenvalue weighted by molar-refractivity contribution is 8.03. The molecule has 0 fully saturated rings. The van der Waals surface area contributed by atoms with E-state index in [0.29, 0.717) is 13.1 Å². The fraction of sp³-hybridized carbons (Fsp3) is 0.450. The maximum absolute atomic E-state index is 12.0. The quantitative estimate of drug-likeness (QED) is 0.578. The number of carbonyl (C=O) groups excluding carboxylic acids is 1. The second-order valence-corrected chi connectivity index (χ2v) is 8.11. The molecule has 2 rings (SSSR count). The van der Waals surface area contributed by atoms with Gasteiger partial charge in [0.2, 0.25) is 5.91 Å². The largest absolute Gasteiger partial charge is 0.507 e. The van der Waals surface area contributed by atoms with Gasteiger partial charge in [-0.2, -0.15) is 11.8 Å². The first kappa shape index (κ1) is 21.6. The van der Waals surface area contributed by atoms with E-state index in [0.717, 1.165) is 30.1 Å². The topological polar surface area (TPSA) is 55.8 Å². The third-order valence-electron chi connectivity index (χ3n) is 4.33. The van der Waals surface area contributed by atoms with E-state index in [9.17, 15) is 9.90 Å². The second-order valence-electron chi connectivity index (χ2n) is 6.10. The summed E-state index contributed by atoms with van der Waals surface area (Å²) in [5.74, 6) is 1.22. The Bertz CT molecular complexity index is 675. The Labute approximate surface area is 170 Å². The number of aromatic hydroxyl groups is 1. The molecule has 27 heavy (non-hydrogen) atoms. The number of rotatable bonds is 10. The first-order chi connectivity index (χ1) is 13.1. The minimum atomic E-state index is 0.0287. The fourth-order valence-electron chi connectivity index (χ4n) is 2.81. The highest BCUT2D eigenvalue weighted by Gasteiger charge is 2.19. The number of thioether (sulfide) groups is 2. The van der Waals surface area contributed by atoms with Crippen molar-refractivity contribution < 1.29 is 9.90 Å². The molecule has 0 saturated carbocycles. The molecule has 1 unspecified atom stereocenters. The van der Waals surface area contributed by atoms with Crippen molar-refractivity contribution in [3.63, 3.8) is 0 Å². The van der Waals surface area contributed by atoms with E-state index in [1.165, 1.54) is 0 Å². The molecule has 0 aliphatic carbocycles. The predicted octanol–water partition coefficient (Wildman–Crippen LogP) is 3.58. The van der Waals surface area contributed by atoms with Gasteiger partial charge in [0.05, 0.1) is 11.9 Å². The Morgan fingerprint density at radius 2 is 2.19 bits per heavy atom. The van der Waals surface area contributed by atoms with Gasteiger partial charge in [-0.25, -0.2) is 0 Å². The minimum absolute atomic E-state index is 0.0287. The third-order valence-corrected chi connectivity index (χ3v) is 5.93. The third kappa shape index (κ3) is 6.43. The summed E-state index contributed by atoms with van der Waals surface area (Å²) in [6.45, 7) is 7.04. The number of phenols is 1. The number of hydrogen-bond acceptors (Lipinski definition) is 6. The summed E-state index contributed by atoms with van der Waals surface area (Å²) in [5.41, 5.74) is 1.80. The molecule has 5 nitrogen and oxygen atoms in total. The molecular weight excluding hydrogens is 378 g/mol. The van der Waals surface area contributed by atoms with E-state index >= 15 is 0 Å². The SMILES string of the molecule is CCN(CC)c1ccc(/C=C/C2SC=CN2CC(=O)NCCSC)c(O)c1. The molecule has 7 heteroatoms. The summed E-state index contributed by atoms with van der Waals surface area (Å²) < 4.78 is 0. The molecule has 1 aromatic rings. The molecule has 0 aromatic heterocycles. The van der Waals surface area contributed by atoms with E-state index in [2.05, 4.69) is 24.1 Å². The Morgan fingerprint density at radius 3 is 2.85 bits per heavy atom. The zero-order valence-corrected chi connectivity index (χ0v) is 17.9. The summed E-state index contributed by atoms with van der Waals surface area (Å²) in [7, 11) is 0. The fourth-order valence-corrected chi connectivity index (χ4v) is 3.98. The van der Waals surface area contributed by atoms with Crippen molar-refractivity contribution in [2.45, 2.75) is 19.2 Å². The summed E-state index contributed by atoms with van der Waals surface area (Å²) >= 11 is 3.36. The van der Waals surface area contributed by atoms with Gasteiger partial charge in [-0.3, -0.25) is 4.79 Å². The van der Waals surface area contributed by atoms with Gasteiger partial charge in [0, 0.05) is 48.9 Å². The lowest BCUT2D eigenvalue weighted by Gasteiger charge is -2.22. The van der Waals surface area contributed by atoms with Crippen LogP contribution >= 0.6 is 23.5 Å². The minimum Gasteiger partial charge on any atom is -0.507 e. The highest BCUT2D eigenvalue weighted by atomic mass is 32.2. The molecule has 2 N–H and O–H groups in total. The Kier molecular flexibility index (Phi) is 8.94. The van der Waals surface area contributed by atoms with Crippen LogP contribution in [0.2, 0.25) is 0 Å². The highest BCUT2D eigenvalue weighted by Crippen LogP contribution is 2.29. The standard InChI is InChI=1S/C20H29N3O2S2/c1-4-22(5-2)17-8-6-16(18(24)14-17)7-9-20-23(11-13-27-20)15-19(25)21-10-12-26-3/h6-9,11,13-14,20,24H,4-5,10,12,15H2,1-3H3,(H,21,25)/b9-7+. The van der Waals surface area contributed by atoms with Crippen molar-refractivity contribution in [2.75, 3.05) is 43.1 Å². The van der Waals surface area contributed by atoms with Crippen molar-refractivity contribution in [1.29, 1.82) is 0 Å². The van der Waals surface area contributed by atoms with Crippen molar-refractivity contribution in [1.82, 2.24) is 10.2 Å².